The van der Waals surface area contributed by atoms with E-state index in [1.165, 1.54) is 0 Å². The third-order valence-corrected chi connectivity index (χ3v) is 2.94. The van der Waals surface area contributed by atoms with Crippen LogP contribution in [0.3, 0.4) is 0 Å². The average molecular weight is 293 g/mol. The Morgan fingerprint density at radius 1 is 1.33 bits per heavy atom. The number of amides is 1. The fourth-order valence-corrected chi connectivity index (χ4v) is 1.69. The van der Waals surface area contributed by atoms with E-state index in [2.05, 4.69) is 36.4 Å². The summed E-state index contributed by atoms with van der Waals surface area (Å²) in [5, 5.41) is 6.12. The van der Waals surface area contributed by atoms with Crippen molar-refractivity contribution in [3.05, 3.63) is 24.0 Å². The molecule has 1 heterocycles. The molecule has 5 heteroatoms. The van der Waals surface area contributed by atoms with Crippen LogP contribution in [0.5, 0.6) is 5.75 Å². The van der Waals surface area contributed by atoms with Gasteiger partial charge in [0.2, 0.25) is 0 Å². The van der Waals surface area contributed by atoms with Crippen LogP contribution in [0.2, 0.25) is 0 Å². The molecular formula is C16H27N3O2. The van der Waals surface area contributed by atoms with Crippen LogP contribution in [0.15, 0.2) is 18.3 Å². The van der Waals surface area contributed by atoms with E-state index in [-0.39, 0.29) is 12.5 Å². The second-order valence-corrected chi connectivity index (χ2v) is 5.48. The standard InChI is InChI=1S/C16H27N3O2/c1-4-8-17-10-14-5-6-15(11-19-14)21-12-16(20)18-9-7-13(2)3/h5-6,11,13,17H,4,7-10,12H2,1-3H3,(H,18,20). The van der Waals surface area contributed by atoms with Crippen molar-refractivity contribution in [2.24, 2.45) is 5.92 Å². The van der Waals surface area contributed by atoms with Crippen molar-refractivity contribution in [1.29, 1.82) is 0 Å². The molecule has 118 valence electrons. The molecule has 0 aromatic carbocycles. The van der Waals surface area contributed by atoms with E-state index in [1.54, 1.807) is 6.20 Å². The van der Waals surface area contributed by atoms with E-state index in [0.717, 1.165) is 31.6 Å². The Hall–Kier alpha value is -1.62. The fraction of sp³-hybridized carbons (Fsp3) is 0.625. The van der Waals surface area contributed by atoms with Gasteiger partial charge >= 0.3 is 0 Å². The Labute approximate surface area is 127 Å². The fourth-order valence-electron chi connectivity index (χ4n) is 1.69. The number of nitrogens with zero attached hydrogens (tertiary/aromatic N) is 1. The van der Waals surface area contributed by atoms with Gasteiger partial charge in [-0.05, 0) is 37.4 Å². The first-order valence-electron chi connectivity index (χ1n) is 7.67. The maximum atomic E-state index is 11.6. The van der Waals surface area contributed by atoms with Crippen LogP contribution in [0.4, 0.5) is 0 Å². The van der Waals surface area contributed by atoms with Gasteiger partial charge in [-0.3, -0.25) is 9.78 Å². The molecule has 0 radical (unpaired) electrons. The second-order valence-electron chi connectivity index (χ2n) is 5.48. The van der Waals surface area contributed by atoms with Crippen molar-refractivity contribution in [2.45, 2.75) is 40.2 Å². The lowest BCUT2D eigenvalue weighted by Gasteiger charge is -2.09. The molecule has 0 saturated carbocycles. The highest BCUT2D eigenvalue weighted by Crippen LogP contribution is 2.08. The summed E-state index contributed by atoms with van der Waals surface area (Å²) < 4.78 is 5.41. The topological polar surface area (TPSA) is 63.2 Å². The molecule has 0 aliphatic carbocycles. The molecule has 0 spiro atoms. The van der Waals surface area contributed by atoms with Crippen LogP contribution in [0, 0.1) is 5.92 Å². The van der Waals surface area contributed by atoms with Crippen molar-refractivity contribution in [1.82, 2.24) is 15.6 Å². The Bertz CT molecular complexity index is 404. The van der Waals surface area contributed by atoms with E-state index in [4.69, 9.17) is 4.74 Å². The normalized spacial score (nSPS) is 10.7. The van der Waals surface area contributed by atoms with Gasteiger partial charge in [0.25, 0.3) is 5.91 Å². The van der Waals surface area contributed by atoms with Crippen molar-refractivity contribution in [3.8, 4) is 5.75 Å². The maximum Gasteiger partial charge on any atom is 0.257 e. The number of ether oxygens (including phenoxy) is 1. The summed E-state index contributed by atoms with van der Waals surface area (Å²) in [6.45, 7) is 8.85. The van der Waals surface area contributed by atoms with Crippen LogP contribution in [0.25, 0.3) is 0 Å². The van der Waals surface area contributed by atoms with E-state index in [1.807, 2.05) is 12.1 Å². The lowest BCUT2D eigenvalue weighted by Crippen LogP contribution is -2.30. The van der Waals surface area contributed by atoms with Crippen molar-refractivity contribution >= 4 is 5.91 Å². The van der Waals surface area contributed by atoms with E-state index < -0.39 is 0 Å². The summed E-state index contributed by atoms with van der Waals surface area (Å²) in [5.74, 6) is 1.11. The predicted molar refractivity (Wildman–Crippen MR) is 84.2 cm³/mol. The Morgan fingerprint density at radius 3 is 2.76 bits per heavy atom. The lowest BCUT2D eigenvalue weighted by atomic mass is 10.1. The number of carbonyl (C=O) groups is 1. The third-order valence-electron chi connectivity index (χ3n) is 2.94. The molecule has 5 nitrogen and oxygen atoms in total. The van der Waals surface area contributed by atoms with Gasteiger partial charge in [-0.1, -0.05) is 20.8 Å². The number of aromatic nitrogens is 1. The minimum atomic E-state index is -0.0932. The third kappa shape index (κ3) is 8.30. The Balaban J connectivity index is 2.24. The Kier molecular flexibility index (Phi) is 8.43. The zero-order chi connectivity index (χ0) is 15.5. The number of carbonyl (C=O) groups excluding carboxylic acids is 1. The summed E-state index contributed by atoms with van der Waals surface area (Å²) in [7, 11) is 0. The number of pyridine rings is 1. The minimum Gasteiger partial charge on any atom is -0.482 e. The number of hydrogen-bond acceptors (Lipinski definition) is 4. The first kappa shape index (κ1) is 17.4. The smallest absolute Gasteiger partial charge is 0.257 e. The van der Waals surface area contributed by atoms with E-state index in [9.17, 15) is 4.79 Å². The molecule has 21 heavy (non-hydrogen) atoms. The van der Waals surface area contributed by atoms with Crippen molar-refractivity contribution in [3.63, 3.8) is 0 Å². The average Bonchev–Trinajstić information content (AvgIpc) is 2.46. The van der Waals surface area contributed by atoms with Gasteiger partial charge in [0.1, 0.15) is 5.75 Å². The highest BCUT2D eigenvalue weighted by Gasteiger charge is 2.03. The predicted octanol–water partition coefficient (Wildman–Crippen LogP) is 2.12. The summed E-state index contributed by atoms with van der Waals surface area (Å²) in [6.07, 6.45) is 3.74. The molecule has 0 unspecified atom stereocenters. The van der Waals surface area contributed by atoms with Gasteiger partial charge in [0, 0.05) is 13.1 Å². The highest BCUT2D eigenvalue weighted by molar-refractivity contribution is 5.77. The molecule has 0 aliphatic heterocycles. The zero-order valence-electron chi connectivity index (χ0n) is 13.3. The lowest BCUT2D eigenvalue weighted by molar-refractivity contribution is -0.123. The molecule has 2 N–H and O–H groups in total. The summed E-state index contributed by atoms with van der Waals surface area (Å²) in [5.41, 5.74) is 0.970. The van der Waals surface area contributed by atoms with Gasteiger partial charge in [0.05, 0.1) is 11.9 Å². The summed E-state index contributed by atoms with van der Waals surface area (Å²) in [4.78, 5) is 15.9. The summed E-state index contributed by atoms with van der Waals surface area (Å²) >= 11 is 0. The molecule has 0 atom stereocenters. The van der Waals surface area contributed by atoms with Crippen LogP contribution >= 0.6 is 0 Å². The van der Waals surface area contributed by atoms with Gasteiger partial charge in [0.15, 0.2) is 6.61 Å². The van der Waals surface area contributed by atoms with Crippen molar-refractivity contribution < 1.29 is 9.53 Å². The van der Waals surface area contributed by atoms with Gasteiger partial charge in [-0.2, -0.15) is 0 Å². The first-order chi connectivity index (χ1) is 10.1. The van der Waals surface area contributed by atoms with E-state index in [0.29, 0.717) is 18.2 Å². The number of hydrogen-bond donors (Lipinski definition) is 2. The largest absolute Gasteiger partial charge is 0.482 e. The second kappa shape index (κ2) is 10.2. The molecule has 1 aromatic heterocycles. The molecule has 1 aromatic rings. The minimum absolute atomic E-state index is 0.0349. The van der Waals surface area contributed by atoms with Crippen molar-refractivity contribution in [2.75, 3.05) is 19.7 Å². The van der Waals surface area contributed by atoms with Crippen LogP contribution < -0.4 is 15.4 Å². The molecular weight excluding hydrogens is 266 g/mol. The van der Waals surface area contributed by atoms with Crippen LogP contribution in [-0.4, -0.2) is 30.6 Å². The summed E-state index contributed by atoms with van der Waals surface area (Å²) in [6, 6.07) is 3.76. The van der Waals surface area contributed by atoms with Crippen LogP contribution in [0.1, 0.15) is 39.3 Å². The molecule has 0 fully saturated rings. The SMILES string of the molecule is CCCNCc1ccc(OCC(=O)NCCC(C)C)cn1. The molecule has 0 aliphatic rings. The van der Waals surface area contributed by atoms with E-state index >= 15 is 0 Å². The quantitative estimate of drug-likeness (QED) is 0.649. The monoisotopic (exact) mass is 293 g/mol. The highest BCUT2D eigenvalue weighted by atomic mass is 16.5. The number of rotatable bonds is 10. The molecule has 1 rings (SSSR count). The Morgan fingerprint density at radius 2 is 2.14 bits per heavy atom. The van der Waals surface area contributed by atoms with Gasteiger partial charge < -0.3 is 15.4 Å². The van der Waals surface area contributed by atoms with Gasteiger partial charge in [-0.15, -0.1) is 0 Å². The molecule has 0 saturated heterocycles. The molecule has 1 amide bonds. The zero-order valence-corrected chi connectivity index (χ0v) is 13.3. The van der Waals surface area contributed by atoms with Crippen LogP contribution in [-0.2, 0) is 11.3 Å². The first-order valence-corrected chi connectivity index (χ1v) is 7.67. The number of nitrogens with one attached hydrogen (secondary N) is 2. The molecule has 0 bridgehead atoms. The van der Waals surface area contributed by atoms with Gasteiger partial charge in [-0.25, -0.2) is 0 Å². The maximum absolute atomic E-state index is 11.6.